The summed E-state index contributed by atoms with van der Waals surface area (Å²) in [6.45, 7) is 4.39. The van der Waals surface area contributed by atoms with Gasteiger partial charge in [0.25, 0.3) is 0 Å². The lowest BCUT2D eigenvalue weighted by molar-refractivity contribution is -0.130. The van der Waals surface area contributed by atoms with E-state index >= 15 is 0 Å². The van der Waals surface area contributed by atoms with E-state index in [-0.39, 0.29) is 42.3 Å². The van der Waals surface area contributed by atoms with E-state index in [9.17, 15) is 22.0 Å². The third kappa shape index (κ3) is 6.67. The van der Waals surface area contributed by atoms with Gasteiger partial charge in [-0.3, -0.25) is 4.79 Å². The fraction of sp³-hybridized carbons (Fsp3) is 0.458. The predicted octanol–water partition coefficient (Wildman–Crippen LogP) is 4.77. The van der Waals surface area contributed by atoms with Crippen molar-refractivity contribution in [1.29, 1.82) is 0 Å². The minimum atomic E-state index is -3.78. The Labute approximate surface area is 204 Å². The van der Waals surface area contributed by atoms with Crippen molar-refractivity contribution in [3.63, 3.8) is 0 Å². The zero-order valence-electron chi connectivity index (χ0n) is 19.2. The number of sulfonamides is 1. The predicted molar refractivity (Wildman–Crippen MR) is 126 cm³/mol. The molecule has 34 heavy (non-hydrogen) atoms. The van der Waals surface area contributed by atoms with Crippen LogP contribution < -0.4 is 10.1 Å². The van der Waals surface area contributed by atoms with E-state index in [1.54, 1.807) is 6.07 Å². The minimum Gasteiger partial charge on any atom is -0.491 e. The Hall–Kier alpha value is -2.23. The second-order valence-electron chi connectivity index (χ2n) is 9.02. The number of rotatable bonds is 9. The van der Waals surface area contributed by atoms with Crippen LogP contribution in [0.1, 0.15) is 39.5 Å². The van der Waals surface area contributed by atoms with Gasteiger partial charge in [-0.25, -0.2) is 17.2 Å². The molecule has 0 unspecified atom stereocenters. The first-order valence-electron chi connectivity index (χ1n) is 11.1. The molecular formula is C24H29ClF2N2O4S. The summed E-state index contributed by atoms with van der Waals surface area (Å²) < 4.78 is 59.5. The lowest BCUT2D eigenvalue weighted by Gasteiger charge is -2.33. The van der Waals surface area contributed by atoms with Crippen molar-refractivity contribution < 1.29 is 26.7 Å². The Kier molecular flexibility index (Phi) is 8.54. The first-order chi connectivity index (χ1) is 16.0. The number of carbonyl (C=O) groups excluding carboxylic acids is 1. The van der Waals surface area contributed by atoms with Crippen LogP contribution in [-0.2, 0) is 14.8 Å². The summed E-state index contributed by atoms with van der Waals surface area (Å²) in [6, 6.07) is 9.01. The molecular weight excluding hydrogens is 486 g/mol. The number of halogens is 3. The van der Waals surface area contributed by atoms with Gasteiger partial charge >= 0.3 is 0 Å². The zero-order valence-corrected chi connectivity index (χ0v) is 20.8. The molecule has 1 N–H and O–H groups in total. The van der Waals surface area contributed by atoms with Crippen LogP contribution in [-0.4, -0.2) is 44.4 Å². The maximum atomic E-state index is 13.8. The van der Waals surface area contributed by atoms with Gasteiger partial charge in [0, 0.05) is 29.6 Å². The summed E-state index contributed by atoms with van der Waals surface area (Å²) in [7, 11) is -3.78. The van der Waals surface area contributed by atoms with Gasteiger partial charge in [-0.05, 0) is 62.1 Å². The summed E-state index contributed by atoms with van der Waals surface area (Å²) in [5.41, 5.74) is -0.674. The molecule has 1 aliphatic heterocycles. The largest absolute Gasteiger partial charge is 0.491 e. The molecule has 1 amide bonds. The van der Waals surface area contributed by atoms with Gasteiger partial charge in [0.1, 0.15) is 5.82 Å². The molecule has 10 heteroatoms. The zero-order chi connectivity index (χ0) is 24.9. The average Bonchev–Trinajstić information content (AvgIpc) is 2.78. The average molecular weight is 515 g/mol. The van der Waals surface area contributed by atoms with Crippen molar-refractivity contribution in [2.24, 2.45) is 5.41 Å². The topological polar surface area (TPSA) is 75.7 Å². The van der Waals surface area contributed by atoms with Crippen molar-refractivity contribution in [2.45, 2.75) is 50.5 Å². The molecule has 2 aromatic carbocycles. The maximum Gasteiger partial charge on any atom is 0.243 e. The van der Waals surface area contributed by atoms with E-state index < -0.39 is 27.1 Å². The summed E-state index contributed by atoms with van der Waals surface area (Å²) in [4.78, 5) is 12.8. The molecule has 0 bridgehead atoms. The fourth-order valence-electron chi connectivity index (χ4n) is 3.80. The summed E-state index contributed by atoms with van der Waals surface area (Å²) in [5.74, 6) is -1.15. The first-order valence-corrected chi connectivity index (χ1v) is 13.0. The van der Waals surface area contributed by atoms with Crippen molar-refractivity contribution in [1.82, 2.24) is 9.62 Å². The van der Waals surface area contributed by atoms with Gasteiger partial charge in [0.15, 0.2) is 11.6 Å². The maximum absolute atomic E-state index is 13.8. The highest BCUT2D eigenvalue weighted by molar-refractivity contribution is 7.89. The Balaban J connectivity index is 1.45. The van der Waals surface area contributed by atoms with Gasteiger partial charge in [-0.1, -0.05) is 31.5 Å². The standard InChI is InChI=1S/C24H29ClF2N2O4S/c1-24(2,11-4-14-33-22-8-7-17(25)15-21(22)27)23(30)28-19-9-12-29(13-10-19)34(31,32)20-6-3-5-18(26)16-20/h3,5-8,15-16,19H,4,9-14H2,1-2H3,(H,28,30). The van der Waals surface area contributed by atoms with Crippen LogP contribution in [0.15, 0.2) is 47.4 Å². The number of carbonyl (C=O) groups is 1. The molecule has 1 fully saturated rings. The normalized spacial score (nSPS) is 15.8. The Bertz CT molecular complexity index is 1120. The molecule has 2 aromatic rings. The van der Waals surface area contributed by atoms with Crippen molar-refractivity contribution in [3.05, 3.63) is 59.1 Å². The molecule has 6 nitrogen and oxygen atoms in total. The molecule has 1 heterocycles. The quantitative estimate of drug-likeness (QED) is 0.489. The fourth-order valence-corrected chi connectivity index (χ4v) is 5.46. The highest BCUT2D eigenvalue weighted by Gasteiger charge is 2.33. The summed E-state index contributed by atoms with van der Waals surface area (Å²) in [6.07, 6.45) is 2.01. The van der Waals surface area contributed by atoms with Gasteiger partial charge in [-0.15, -0.1) is 0 Å². The van der Waals surface area contributed by atoms with Crippen LogP contribution in [0.5, 0.6) is 5.75 Å². The smallest absolute Gasteiger partial charge is 0.243 e. The van der Waals surface area contributed by atoms with Crippen molar-refractivity contribution >= 4 is 27.5 Å². The number of amides is 1. The van der Waals surface area contributed by atoms with E-state index in [0.29, 0.717) is 30.7 Å². The third-order valence-corrected chi connectivity index (χ3v) is 8.07. The number of ether oxygens (including phenoxy) is 1. The van der Waals surface area contributed by atoms with Gasteiger partial charge < -0.3 is 10.1 Å². The molecule has 0 radical (unpaired) electrons. The second kappa shape index (κ2) is 11.0. The Morgan fingerprint density at radius 1 is 1.18 bits per heavy atom. The van der Waals surface area contributed by atoms with E-state index in [4.69, 9.17) is 16.3 Å². The van der Waals surface area contributed by atoms with Crippen LogP contribution in [0.3, 0.4) is 0 Å². The number of hydrogen-bond acceptors (Lipinski definition) is 4. The molecule has 1 saturated heterocycles. The highest BCUT2D eigenvalue weighted by atomic mass is 35.5. The van der Waals surface area contributed by atoms with E-state index in [1.807, 2.05) is 13.8 Å². The number of nitrogens with zero attached hydrogens (tertiary/aromatic N) is 1. The van der Waals surface area contributed by atoms with Gasteiger partial charge in [0.05, 0.1) is 11.5 Å². The molecule has 0 aromatic heterocycles. The van der Waals surface area contributed by atoms with Crippen LogP contribution in [0, 0.1) is 17.0 Å². The second-order valence-corrected chi connectivity index (χ2v) is 11.4. The molecule has 0 aliphatic carbocycles. The van der Waals surface area contributed by atoms with Gasteiger partial charge in [0.2, 0.25) is 15.9 Å². The molecule has 0 spiro atoms. The number of piperidine rings is 1. The lowest BCUT2D eigenvalue weighted by Crippen LogP contribution is -2.49. The Morgan fingerprint density at radius 2 is 1.88 bits per heavy atom. The molecule has 0 saturated carbocycles. The molecule has 186 valence electrons. The van der Waals surface area contributed by atoms with Crippen LogP contribution in [0.2, 0.25) is 5.02 Å². The summed E-state index contributed by atoms with van der Waals surface area (Å²) >= 11 is 5.73. The SMILES string of the molecule is CC(C)(CCCOc1ccc(Cl)cc1F)C(=O)NC1CCN(S(=O)(=O)c2cccc(F)c2)CC1. The third-order valence-electron chi connectivity index (χ3n) is 5.94. The van der Waals surface area contributed by atoms with Crippen LogP contribution in [0.4, 0.5) is 8.78 Å². The summed E-state index contributed by atoms with van der Waals surface area (Å²) in [5, 5.41) is 3.31. The molecule has 0 atom stereocenters. The van der Waals surface area contributed by atoms with E-state index in [2.05, 4.69) is 5.32 Å². The van der Waals surface area contributed by atoms with Crippen molar-refractivity contribution in [3.8, 4) is 5.75 Å². The van der Waals surface area contributed by atoms with Gasteiger partial charge in [-0.2, -0.15) is 4.31 Å². The number of hydrogen-bond donors (Lipinski definition) is 1. The monoisotopic (exact) mass is 514 g/mol. The van der Waals surface area contributed by atoms with Crippen LogP contribution >= 0.6 is 11.6 Å². The molecule has 3 rings (SSSR count). The lowest BCUT2D eigenvalue weighted by atomic mass is 9.86. The van der Waals surface area contributed by atoms with E-state index in [1.165, 1.54) is 34.6 Å². The Morgan fingerprint density at radius 3 is 2.53 bits per heavy atom. The minimum absolute atomic E-state index is 0.0724. The number of nitrogens with one attached hydrogen (secondary N) is 1. The van der Waals surface area contributed by atoms with Crippen LogP contribution in [0.25, 0.3) is 0 Å². The number of benzene rings is 2. The highest BCUT2D eigenvalue weighted by Crippen LogP contribution is 2.26. The van der Waals surface area contributed by atoms with Crippen molar-refractivity contribution in [2.75, 3.05) is 19.7 Å². The van der Waals surface area contributed by atoms with E-state index in [0.717, 1.165) is 6.07 Å². The molecule has 1 aliphatic rings. The first kappa shape index (κ1) is 26.4.